The number of aryl methyl sites for hydroxylation is 1. The third-order valence-corrected chi connectivity index (χ3v) is 4.51. The van der Waals surface area contributed by atoms with Gasteiger partial charge in [-0.3, -0.25) is 9.78 Å². The van der Waals surface area contributed by atoms with Crippen LogP contribution in [0, 0.1) is 0 Å². The minimum atomic E-state index is 0.00686. The van der Waals surface area contributed by atoms with Crippen molar-refractivity contribution < 1.29 is 4.79 Å². The third kappa shape index (κ3) is 2.71. The number of Topliss-reactive ketones (excluding diaryl/α,β-unsaturated/α-hetero) is 1. The van der Waals surface area contributed by atoms with Crippen molar-refractivity contribution in [3.05, 3.63) is 59.9 Å². The predicted molar refractivity (Wildman–Crippen MR) is 77.5 cm³/mol. The lowest BCUT2D eigenvalue weighted by molar-refractivity contribution is -0.118. The second-order valence-electron chi connectivity index (χ2n) is 4.71. The Balaban J connectivity index is 1.66. The minimum absolute atomic E-state index is 0.00686. The fraction of sp³-hybridized carbons (Fsp3) is 0.250. The minimum Gasteiger partial charge on any atom is -0.298 e. The molecule has 0 fully saturated rings. The summed E-state index contributed by atoms with van der Waals surface area (Å²) in [5, 5.41) is 0. The smallest absolute Gasteiger partial charge is 0.152 e. The molecule has 0 aliphatic heterocycles. The van der Waals surface area contributed by atoms with Gasteiger partial charge in [0.05, 0.1) is 17.4 Å². The zero-order valence-electron chi connectivity index (χ0n) is 10.6. The van der Waals surface area contributed by atoms with Crippen LogP contribution in [0.25, 0.3) is 0 Å². The second-order valence-corrected chi connectivity index (χ2v) is 5.76. The fourth-order valence-corrected chi connectivity index (χ4v) is 3.36. The summed E-state index contributed by atoms with van der Waals surface area (Å²) in [7, 11) is 0. The van der Waals surface area contributed by atoms with Gasteiger partial charge in [-0.25, -0.2) is 0 Å². The summed E-state index contributed by atoms with van der Waals surface area (Å²) in [6, 6.07) is 14.1. The molecule has 0 N–H and O–H groups in total. The number of ketones is 1. The van der Waals surface area contributed by atoms with Gasteiger partial charge in [0.1, 0.15) is 0 Å². The van der Waals surface area contributed by atoms with Gasteiger partial charge >= 0.3 is 0 Å². The third-order valence-electron chi connectivity index (χ3n) is 3.47. The van der Waals surface area contributed by atoms with Crippen molar-refractivity contribution in [3.63, 3.8) is 0 Å². The van der Waals surface area contributed by atoms with E-state index in [9.17, 15) is 4.79 Å². The highest BCUT2D eigenvalue weighted by Crippen LogP contribution is 2.33. The Morgan fingerprint density at radius 2 is 2.05 bits per heavy atom. The molecule has 1 atom stereocenters. The van der Waals surface area contributed by atoms with Gasteiger partial charge in [-0.2, -0.15) is 0 Å². The first-order chi connectivity index (χ1) is 9.34. The summed E-state index contributed by atoms with van der Waals surface area (Å²) in [5.74, 6) is 0.837. The molecule has 1 aromatic carbocycles. The molecule has 2 aromatic rings. The average Bonchev–Trinajstić information content (AvgIpc) is 2.90. The highest BCUT2D eigenvalue weighted by molar-refractivity contribution is 8.00. The van der Waals surface area contributed by atoms with Crippen LogP contribution in [0.3, 0.4) is 0 Å². The van der Waals surface area contributed by atoms with E-state index in [1.807, 2.05) is 36.4 Å². The molecule has 96 valence electrons. The van der Waals surface area contributed by atoms with Crippen molar-refractivity contribution in [2.24, 2.45) is 0 Å². The van der Waals surface area contributed by atoms with Gasteiger partial charge in [-0.15, -0.1) is 11.8 Å². The number of carbonyl (C=O) groups excluding carboxylic acids is 1. The molecule has 19 heavy (non-hydrogen) atoms. The van der Waals surface area contributed by atoms with E-state index < -0.39 is 0 Å². The van der Waals surface area contributed by atoms with Crippen LogP contribution in [-0.4, -0.2) is 16.5 Å². The van der Waals surface area contributed by atoms with Crippen LogP contribution in [0.4, 0.5) is 0 Å². The Labute approximate surface area is 117 Å². The van der Waals surface area contributed by atoms with Gasteiger partial charge in [0.25, 0.3) is 0 Å². The maximum absolute atomic E-state index is 12.3. The first kappa shape index (κ1) is 12.4. The van der Waals surface area contributed by atoms with E-state index in [-0.39, 0.29) is 5.92 Å². The van der Waals surface area contributed by atoms with Crippen LogP contribution in [-0.2, 0) is 11.2 Å². The van der Waals surface area contributed by atoms with Crippen LogP contribution in [0.15, 0.2) is 53.6 Å². The zero-order chi connectivity index (χ0) is 13.1. The molecular weight excluding hydrogens is 254 g/mol. The largest absolute Gasteiger partial charge is 0.298 e. The molecule has 0 amide bonds. The van der Waals surface area contributed by atoms with E-state index in [1.165, 1.54) is 5.56 Å². The topological polar surface area (TPSA) is 30.0 Å². The molecule has 0 saturated carbocycles. The van der Waals surface area contributed by atoms with Crippen LogP contribution in [0.2, 0.25) is 0 Å². The molecule has 0 radical (unpaired) electrons. The van der Waals surface area contributed by atoms with E-state index in [0.717, 1.165) is 23.4 Å². The molecule has 1 aliphatic carbocycles. The molecule has 3 heteroatoms. The quantitative estimate of drug-likeness (QED) is 0.796. The first-order valence-corrected chi connectivity index (χ1v) is 7.47. The van der Waals surface area contributed by atoms with E-state index in [4.69, 9.17) is 0 Å². The monoisotopic (exact) mass is 269 g/mol. The maximum Gasteiger partial charge on any atom is 0.152 e. The van der Waals surface area contributed by atoms with Gasteiger partial charge in [-0.1, -0.05) is 24.3 Å². The van der Waals surface area contributed by atoms with Crippen LogP contribution in [0.1, 0.15) is 23.6 Å². The van der Waals surface area contributed by atoms with Gasteiger partial charge < -0.3 is 0 Å². The number of nitrogens with zero attached hydrogens (tertiary/aromatic N) is 1. The molecule has 1 aromatic heterocycles. The molecule has 3 rings (SSSR count). The normalized spacial score (nSPS) is 17.2. The number of fused-ring (bicyclic) bond motifs is 1. The van der Waals surface area contributed by atoms with Gasteiger partial charge in [0.2, 0.25) is 0 Å². The summed E-state index contributed by atoms with van der Waals surface area (Å²) in [4.78, 5) is 17.9. The van der Waals surface area contributed by atoms with E-state index in [0.29, 0.717) is 11.5 Å². The first-order valence-electron chi connectivity index (χ1n) is 6.49. The number of hydrogen-bond donors (Lipinski definition) is 0. The Kier molecular flexibility index (Phi) is 3.65. The predicted octanol–water partition coefficient (Wildman–Crippen LogP) is 3.47. The molecule has 2 nitrogen and oxygen atoms in total. The number of rotatable bonds is 4. The number of benzene rings is 1. The SMILES string of the molecule is O=C(CSc1ccccc1)C1CCc2cccnc21. The van der Waals surface area contributed by atoms with E-state index in [1.54, 1.807) is 18.0 Å². The van der Waals surface area contributed by atoms with E-state index >= 15 is 0 Å². The Hall–Kier alpha value is -1.61. The van der Waals surface area contributed by atoms with Crippen molar-refractivity contribution in [2.45, 2.75) is 23.7 Å². The van der Waals surface area contributed by atoms with Crippen LogP contribution >= 0.6 is 11.8 Å². The molecule has 1 aliphatic rings. The Morgan fingerprint density at radius 1 is 1.21 bits per heavy atom. The number of thioether (sulfide) groups is 1. The summed E-state index contributed by atoms with van der Waals surface area (Å²) < 4.78 is 0. The molecular formula is C16H15NOS. The van der Waals surface area contributed by atoms with Crippen LogP contribution < -0.4 is 0 Å². The van der Waals surface area contributed by atoms with Crippen molar-refractivity contribution in [1.82, 2.24) is 4.98 Å². The lowest BCUT2D eigenvalue weighted by Gasteiger charge is -2.09. The Bertz CT molecular complexity index is 582. The number of aromatic nitrogens is 1. The summed E-state index contributed by atoms with van der Waals surface area (Å²) in [5.41, 5.74) is 2.24. The maximum atomic E-state index is 12.3. The highest BCUT2D eigenvalue weighted by Gasteiger charge is 2.29. The summed E-state index contributed by atoms with van der Waals surface area (Å²) >= 11 is 1.61. The van der Waals surface area contributed by atoms with Crippen LogP contribution in [0.5, 0.6) is 0 Å². The molecule has 0 saturated heterocycles. The lowest BCUT2D eigenvalue weighted by atomic mass is 10.0. The molecule has 1 heterocycles. The fourth-order valence-electron chi connectivity index (χ4n) is 2.50. The average molecular weight is 269 g/mol. The van der Waals surface area contributed by atoms with E-state index in [2.05, 4.69) is 11.1 Å². The molecule has 0 bridgehead atoms. The van der Waals surface area contributed by atoms with Crippen molar-refractivity contribution in [2.75, 3.05) is 5.75 Å². The number of pyridine rings is 1. The molecule has 0 spiro atoms. The van der Waals surface area contributed by atoms with Gasteiger partial charge in [-0.05, 0) is 36.6 Å². The lowest BCUT2D eigenvalue weighted by Crippen LogP contribution is -2.13. The Morgan fingerprint density at radius 3 is 2.89 bits per heavy atom. The van der Waals surface area contributed by atoms with Crippen molar-refractivity contribution in [1.29, 1.82) is 0 Å². The highest BCUT2D eigenvalue weighted by atomic mass is 32.2. The zero-order valence-corrected chi connectivity index (χ0v) is 11.4. The number of carbonyl (C=O) groups is 1. The summed E-state index contributed by atoms with van der Waals surface area (Å²) in [6.07, 6.45) is 3.69. The second kappa shape index (κ2) is 5.57. The van der Waals surface area contributed by atoms with Crippen molar-refractivity contribution >= 4 is 17.5 Å². The van der Waals surface area contributed by atoms with Crippen molar-refractivity contribution in [3.8, 4) is 0 Å². The standard InChI is InChI=1S/C16H15NOS/c18-15(11-19-13-6-2-1-3-7-13)14-9-8-12-5-4-10-17-16(12)14/h1-7,10,14H,8-9,11H2. The summed E-state index contributed by atoms with van der Waals surface area (Å²) in [6.45, 7) is 0. The van der Waals surface area contributed by atoms with Gasteiger partial charge in [0.15, 0.2) is 5.78 Å². The van der Waals surface area contributed by atoms with Gasteiger partial charge in [0, 0.05) is 11.1 Å². The molecule has 1 unspecified atom stereocenters. The number of hydrogen-bond acceptors (Lipinski definition) is 3.